The van der Waals surface area contributed by atoms with Crippen LogP contribution < -0.4 is 9.80 Å². The quantitative estimate of drug-likeness (QED) is 0.852. The second-order valence-corrected chi connectivity index (χ2v) is 6.23. The average molecular weight is 324 g/mol. The normalized spacial score (nSPS) is 19.7. The summed E-state index contributed by atoms with van der Waals surface area (Å²) >= 11 is 0. The molecular weight excluding hydrogens is 307 g/mol. The van der Waals surface area contributed by atoms with Crippen molar-refractivity contribution in [2.24, 2.45) is 5.92 Å². The molecule has 4 rings (SSSR count). The second-order valence-electron chi connectivity index (χ2n) is 6.23. The molecule has 0 aliphatic carbocycles. The molecule has 2 aliphatic heterocycles. The molecule has 24 heavy (non-hydrogen) atoms. The standard InChI is InChI=1S/C19H17FN2O2/c20-15-6-2-4-8-17(15)22-12-14(11-18(22)23)19(24)21-10-9-13-5-1-3-7-16(13)21/h1-8,14H,9-12H2. The van der Waals surface area contributed by atoms with Gasteiger partial charge in [0.25, 0.3) is 0 Å². The molecule has 1 atom stereocenters. The van der Waals surface area contributed by atoms with Crippen LogP contribution in [0.5, 0.6) is 0 Å². The van der Waals surface area contributed by atoms with Crippen molar-refractivity contribution in [1.82, 2.24) is 0 Å². The van der Waals surface area contributed by atoms with Crippen LogP contribution in [-0.2, 0) is 16.0 Å². The Morgan fingerprint density at radius 3 is 2.54 bits per heavy atom. The van der Waals surface area contributed by atoms with Gasteiger partial charge in [0.15, 0.2) is 0 Å². The number of halogens is 1. The molecule has 2 heterocycles. The van der Waals surface area contributed by atoms with Gasteiger partial charge in [-0.05, 0) is 30.2 Å². The lowest BCUT2D eigenvalue weighted by Crippen LogP contribution is -2.36. The number of anilines is 2. The smallest absolute Gasteiger partial charge is 0.232 e. The van der Waals surface area contributed by atoms with E-state index in [0.29, 0.717) is 6.54 Å². The lowest BCUT2D eigenvalue weighted by molar-refractivity contribution is -0.124. The number of para-hydroxylation sites is 2. The first kappa shape index (κ1) is 14.9. The molecule has 122 valence electrons. The second kappa shape index (κ2) is 5.74. The summed E-state index contributed by atoms with van der Waals surface area (Å²) in [6.45, 7) is 0.875. The van der Waals surface area contributed by atoms with Crippen molar-refractivity contribution in [3.8, 4) is 0 Å². The van der Waals surface area contributed by atoms with Crippen LogP contribution in [0.25, 0.3) is 0 Å². The largest absolute Gasteiger partial charge is 0.312 e. The Hall–Kier alpha value is -2.69. The van der Waals surface area contributed by atoms with Gasteiger partial charge in [-0.15, -0.1) is 0 Å². The number of rotatable bonds is 2. The van der Waals surface area contributed by atoms with Gasteiger partial charge < -0.3 is 9.80 Å². The summed E-state index contributed by atoms with van der Waals surface area (Å²) in [5, 5.41) is 0. The first-order chi connectivity index (χ1) is 11.6. The average Bonchev–Trinajstić information content (AvgIpc) is 3.18. The van der Waals surface area contributed by atoms with Gasteiger partial charge >= 0.3 is 0 Å². The first-order valence-electron chi connectivity index (χ1n) is 8.09. The van der Waals surface area contributed by atoms with E-state index < -0.39 is 11.7 Å². The van der Waals surface area contributed by atoms with E-state index in [-0.39, 0.29) is 30.5 Å². The fourth-order valence-corrected chi connectivity index (χ4v) is 3.56. The van der Waals surface area contributed by atoms with Crippen molar-refractivity contribution in [2.45, 2.75) is 12.8 Å². The van der Waals surface area contributed by atoms with Crippen LogP contribution in [0.15, 0.2) is 48.5 Å². The monoisotopic (exact) mass is 324 g/mol. The molecule has 2 amide bonds. The number of fused-ring (bicyclic) bond motifs is 1. The number of nitrogens with zero attached hydrogens (tertiary/aromatic N) is 2. The summed E-state index contributed by atoms with van der Waals surface area (Å²) in [6, 6.07) is 14.0. The van der Waals surface area contributed by atoms with E-state index in [1.54, 1.807) is 23.1 Å². The van der Waals surface area contributed by atoms with E-state index in [0.717, 1.165) is 17.7 Å². The lowest BCUT2D eigenvalue weighted by Gasteiger charge is -2.22. The van der Waals surface area contributed by atoms with Crippen molar-refractivity contribution in [2.75, 3.05) is 22.9 Å². The van der Waals surface area contributed by atoms with Gasteiger partial charge in [-0.2, -0.15) is 0 Å². The van der Waals surface area contributed by atoms with Crippen LogP contribution in [0.1, 0.15) is 12.0 Å². The van der Waals surface area contributed by atoms with Crippen molar-refractivity contribution < 1.29 is 14.0 Å². The summed E-state index contributed by atoms with van der Waals surface area (Å²) in [6.07, 6.45) is 0.964. The summed E-state index contributed by atoms with van der Waals surface area (Å²) in [5.74, 6) is -1.12. The van der Waals surface area contributed by atoms with Crippen molar-refractivity contribution in [3.05, 3.63) is 59.9 Å². The summed E-state index contributed by atoms with van der Waals surface area (Å²) in [4.78, 5) is 28.3. The zero-order chi connectivity index (χ0) is 16.7. The molecule has 1 fully saturated rings. The molecule has 2 aliphatic rings. The van der Waals surface area contributed by atoms with Gasteiger partial charge in [-0.1, -0.05) is 30.3 Å². The summed E-state index contributed by atoms with van der Waals surface area (Å²) in [5.41, 5.74) is 2.33. The summed E-state index contributed by atoms with van der Waals surface area (Å²) in [7, 11) is 0. The van der Waals surface area contributed by atoms with Crippen molar-refractivity contribution in [1.29, 1.82) is 0 Å². The molecule has 2 aromatic rings. The van der Waals surface area contributed by atoms with Crippen molar-refractivity contribution >= 4 is 23.2 Å². The fourth-order valence-electron chi connectivity index (χ4n) is 3.56. The Bertz CT molecular complexity index is 821. The van der Waals surface area contributed by atoms with Crippen LogP contribution in [-0.4, -0.2) is 24.9 Å². The highest BCUT2D eigenvalue weighted by Crippen LogP contribution is 2.33. The lowest BCUT2D eigenvalue weighted by atomic mass is 10.1. The van der Waals surface area contributed by atoms with Gasteiger partial charge in [0, 0.05) is 25.2 Å². The zero-order valence-electron chi connectivity index (χ0n) is 13.1. The maximum atomic E-state index is 14.0. The SMILES string of the molecule is O=C1CC(C(=O)N2CCc3ccccc32)CN1c1ccccc1F. The highest BCUT2D eigenvalue weighted by molar-refractivity contribution is 6.05. The molecule has 0 radical (unpaired) electrons. The molecule has 1 unspecified atom stereocenters. The molecular formula is C19H17FN2O2. The van der Waals surface area contributed by atoms with Crippen LogP contribution >= 0.6 is 0 Å². The minimum Gasteiger partial charge on any atom is -0.312 e. The van der Waals surface area contributed by atoms with Gasteiger partial charge in [0.1, 0.15) is 5.82 Å². The molecule has 0 saturated carbocycles. The molecule has 0 bridgehead atoms. The molecule has 5 heteroatoms. The molecule has 2 aromatic carbocycles. The number of amides is 2. The Morgan fingerprint density at radius 1 is 1.04 bits per heavy atom. The topological polar surface area (TPSA) is 40.6 Å². The summed E-state index contributed by atoms with van der Waals surface area (Å²) < 4.78 is 14.0. The van der Waals surface area contributed by atoms with E-state index in [1.807, 2.05) is 24.3 Å². The van der Waals surface area contributed by atoms with E-state index in [4.69, 9.17) is 0 Å². The van der Waals surface area contributed by atoms with Crippen LogP contribution in [0.3, 0.4) is 0 Å². The van der Waals surface area contributed by atoms with Gasteiger partial charge in [0.05, 0.1) is 11.6 Å². The molecule has 4 nitrogen and oxygen atoms in total. The molecule has 1 saturated heterocycles. The van der Waals surface area contributed by atoms with Crippen LogP contribution in [0.2, 0.25) is 0 Å². The third-order valence-corrected chi connectivity index (χ3v) is 4.77. The number of carbonyl (C=O) groups excluding carboxylic acids is 2. The third kappa shape index (κ3) is 2.37. The molecule has 0 N–H and O–H groups in total. The third-order valence-electron chi connectivity index (χ3n) is 4.77. The minimum absolute atomic E-state index is 0.0489. The maximum absolute atomic E-state index is 14.0. The van der Waals surface area contributed by atoms with Crippen LogP contribution in [0, 0.1) is 11.7 Å². The number of carbonyl (C=O) groups is 2. The van der Waals surface area contributed by atoms with Gasteiger partial charge in [-0.25, -0.2) is 4.39 Å². The number of hydrogen-bond donors (Lipinski definition) is 0. The maximum Gasteiger partial charge on any atom is 0.232 e. The highest BCUT2D eigenvalue weighted by Gasteiger charge is 2.39. The van der Waals surface area contributed by atoms with Crippen molar-refractivity contribution in [3.63, 3.8) is 0 Å². The van der Waals surface area contributed by atoms with Crippen LogP contribution in [0.4, 0.5) is 15.8 Å². The van der Waals surface area contributed by atoms with E-state index in [1.165, 1.54) is 11.0 Å². The highest BCUT2D eigenvalue weighted by atomic mass is 19.1. The fraction of sp³-hybridized carbons (Fsp3) is 0.263. The molecule has 0 spiro atoms. The number of benzene rings is 2. The predicted molar refractivity (Wildman–Crippen MR) is 89.4 cm³/mol. The van der Waals surface area contributed by atoms with E-state index >= 15 is 0 Å². The zero-order valence-corrected chi connectivity index (χ0v) is 13.1. The first-order valence-corrected chi connectivity index (χ1v) is 8.09. The van der Waals surface area contributed by atoms with E-state index in [2.05, 4.69) is 0 Å². The minimum atomic E-state index is -0.439. The Labute approximate surface area is 139 Å². The Balaban J connectivity index is 1.56. The number of hydrogen-bond acceptors (Lipinski definition) is 2. The Morgan fingerprint density at radius 2 is 1.75 bits per heavy atom. The molecule has 0 aromatic heterocycles. The van der Waals surface area contributed by atoms with Gasteiger partial charge in [0.2, 0.25) is 11.8 Å². The van der Waals surface area contributed by atoms with Gasteiger partial charge in [-0.3, -0.25) is 9.59 Å². The Kier molecular flexibility index (Phi) is 3.56. The predicted octanol–water partition coefficient (Wildman–Crippen LogP) is 2.77. The van der Waals surface area contributed by atoms with E-state index in [9.17, 15) is 14.0 Å².